The molecule has 1 saturated heterocycles. The molecule has 29 heavy (non-hydrogen) atoms. The molecule has 1 aliphatic heterocycles. The van der Waals surface area contributed by atoms with Gasteiger partial charge in [0.2, 0.25) is 5.91 Å². The number of hydrogen-bond acceptors (Lipinski definition) is 6. The van der Waals surface area contributed by atoms with E-state index in [1.54, 1.807) is 35.6 Å². The van der Waals surface area contributed by atoms with Gasteiger partial charge < -0.3 is 14.8 Å². The molecule has 0 radical (unpaired) electrons. The number of amides is 1. The first-order valence-corrected chi connectivity index (χ1v) is 11.0. The summed E-state index contributed by atoms with van der Waals surface area (Å²) in [4.78, 5) is 27.8. The molecule has 0 spiro atoms. The Balaban J connectivity index is 1.55. The van der Waals surface area contributed by atoms with Crippen molar-refractivity contribution in [3.8, 4) is 0 Å². The zero-order chi connectivity index (χ0) is 20.5. The minimum absolute atomic E-state index is 0.0825. The molecule has 0 saturated carbocycles. The molecule has 1 fully saturated rings. The minimum Gasteiger partial charge on any atom is -0.462 e. The number of thiophene rings is 1. The summed E-state index contributed by atoms with van der Waals surface area (Å²) in [6.45, 7) is 4.92. The highest BCUT2D eigenvalue weighted by Crippen LogP contribution is 2.17. The number of anilines is 1. The Kier molecular flexibility index (Phi) is 8.22. The van der Waals surface area contributed by atoms with E-state index >= 15 is 0 Å². The first-order chi connectivity index (χ1) is 14.1. The Morgan fingerprint density at radius 3 is 2.76 bits per heavy atom. The lowest BCUT2D eigenvalue weighted by Crippen LogP contribution is -2.37. The first-order valence-electron chi connectivity index (χ1n) is 10.1. The highest BCUT2D eigenvalue weighted by atomic mass is 32.1. The summed E-state index contributed by atoms with van der Waals surface area (Å²) in [5.74, 6) is -0.427. The molecule has 1 amide bonds. The predicted molar refractivity (Wildman–Crippen MR) is 114 cm³/mol. The molecule has 7 heteroatoms. The second kappa shape index (κ2) is 11.1. The molecule has 0 bridgehead atoms. The maximum Gasteiger partial charge on any atom is 0.338 e. The van der Waals surface area contributed by atoms with Crippen LogP contribution in [-0.2, 0) is 20.8 Å². The second-order valence-corrected chi connectivity index (χ2v) is 8.18. The fraction of sp³-hybridized carbons (Fsp3) is 0.455. The molecule has 156 valence electrons. The van der Waals surface area contributed by atoms with Gasteiger partial charge in [-0.25, -0.2) is 4.79 Å². The van der Waals surface area contributed by atoms with Crippen LogP contribution in [0.25, 0.3) is 0 Å². The average Bonchev–Trinajstić information content (AvgIpc) is 3.41. The van der Waals surface area contributed by atoms with Gasteiger partial charge in [0.15, 0.2) is 0 Å². The van der Waals surface area contributed by atoms with Gasteiger partial charge in [-0.15, -0.1) is 11.3 Å². The molecule has 0 aliphatic carbocycles. The Morgan fingerprint density at radius 1 is 1.28 bits per heavy atom. The van der Waals surface area contributed by atoms with Gasteiger partial charge in [0, 0.05) is 30.3 Å². The van der Waals surface area contributed by atoms with Crippen LogP contribution in [0.4, 0.5) is 5.69 Å². The standard InChI is InChI=1S/C22H28N2O4S/c1-2-11-28-22(26)17-7-9-18(10-8-17)23-21(25)16-24(14-19-5-3-12-27-19)15-20-6-4-13-29-20/h4,6-10,13,19H,2-3,5,11-12,14-16H2,1H3,(H,23,25). The number of carbonyl (C=O) groups excluding carboxylic acids is 2. The quantitative estimate of drug-likeness (QED) is 0.595. The monoisotopic (exact) mass is 416 g/mol. The number of rotatable bonds is 10. The molecule has 1 unspecified atom stereocenters. The lowest BCUT2D eigenvalue weighted by atomic mass is 10.2. The summed E-state index contributed by atoms with van der Waals surface area (Å²) in [6, 6.07) is 10.9. The van der Waals surface area contributed by atoms with Gasteiger partial charge in [-0.05, 0) is 55.0 Å². The fourth-order valence-electron chi connectivity index (χ4n) is 3.26. The number of hydrogen-bond donors (Lipinski definition) is 1. The van der Waals surface area contributed by atoms with E-state index in [-0.39, 0.29) is 24.5 Å². The van der Waals surface area contributed by atoms with E-state index in [1.807, 2.05) is 18.4 Å². The van der Waals surface area contributed by atoms with Crippen molar-refractivity contribution in [1.82, 2.24) is 4.90 Å². The Morgan fingerprint density at radius 2 is 2.10 bits per heavy atom. The molecule has 2 aromatic rings. The van der Waals surface area contributed by atoms with E-state index in [2.05, 4.69) is 16.3 Å². The molecular formula is C22H28N2O4S. The van der Waals surface area contributed by atoms with Crippen LogP contribution in [0.5, 0.6) is 0 Å². The van der Waals surface area contributed by atoms with Gasteiger partial charge in [0.25, 0.3) is 0 Å². The number of carbonyl (C=O) groups is 2. The summed E-state index contributed by atoms with van der Waals surface area (Å²) in [6.07, 6.45) is 3.10. The van der Waals surface area contributed by atoms with Gasteiger partial charge in [0.05, 0.1) is 24.8 Å². The van der Waals surface area contributed by atoms with E-state index in [0.717, 1.165) is 39.0 Å². The molecule has 1 aromatic heterocycles. The summed E-state index contributed by atoms with van der Waals surface area (Å²) < 4.78 is 10.9. The van der Waals surface area contributed by atoms with Crippen LogP contribution < -0.4 is 5.32 Å². The van der Waals surface area contributed by atoms with Crippen molar-refractivity contribution in [2.45, 2.75) is 38.8 Å². The van der Waals surface area contributed by atoms with E-state index in [0.29, 0.717) is 17.9 Å². The molecule has 1 aliphatic rings. The third-order valence-corrected chi connectivity index (χ3v) is 5.52. The van der Waals surface area contributed by atoms with Crippen LogP contribution in [0.15, 0.2) is 41.8 Å². The van der Waals surface area contributed by atoms with Gasteiger partial charge in [-0.3, -0.25) is 9.69 Å². The molecule has 1 atom stereocenters. The zero-order valence-electron chi connectivity index (χ0n) is 16.8. The van der Waals surface area contributed by atoms with Crippen molar-refractivity contribution in [2.24, 2.45) is 0 Å². The highest BCUT2D eigenvalue weighted by molar-refractivity contribution is 7.09. The normalized spacial score (nSPS) is 16.1. The first kappa shape index (κ1) is 21.5. The summed E-state index contributed by atoms with van der Waals surface area (Å²) in [5.41, 5.74) is 1.14. The summed E-state index contributed by atoms with van der Waals surface area (Å²) in [7, 11) is 0. The van der Waals surface area contributed by atoms with Gasteiger partial charge in [0.1, 0.15) is 0 Å². The third-order valence-electron chi connectivity index (χ3n) is 4.65. The van der Waals surface area contributed by atoms with Crippen molar-refractivity contribution in [2.75, 3.05) is 31.6 Å². The molecule has 6 nitrogen and oxygen atoms in total. The van der Waals surface area contributed by atoms with Gasteiger partial charge >= 0.3 is 5.97 Å². The smallest absolute Gasteiger partial charge is 0.338 e. The van der Waals surface area contributed by atoms with Gasteiger partial charge in [-0.2, -0.15) is 0 Å². The molecule has 2 heterocycles. The average molecular weight is 417 g/mol. The minimum atomic E-state index is -0.344. The number of esters is 1. The van der Waals surface area contributed by atoms with E-state index in [4.69, 9.17) is 9.47 Å². The number of benzene rings is 1. The topological polar surface area (TPSA) is 67.9 Å². The molecular weight excluding hydrogens is 388 g/mol. The van der Waals surface area contributed by atoms with E-state index < -0.39 is 0 Å². The Hall–Kier alpha value is -2.22. The van der Waals surface area contributed by atoms with Crippen molar-refractivity contribution >= 4 is 28.9 Å². The number of nitrogens with one attached hydrogen (secondary N) is 1. The Bertz CT molecular complexity index is 771. The molecule has 3 rings (SSSR count). The van der Waals surface area contributed by atoms with Crippen molar-refractivity contribution in [1.29, 1.82) is 0 Å². The van der Waals surface area contributed by atoms with Gasteiger partial charge in [-0.1, -0.05) is 13.0 Å². The number of ether oxygens (including phenoxy) is 2. The lowest BCUT2D eigenvalue weighted by molar-refractivity contribution is -0.117. The fourth-order valence-corrected chi connectivity index (χ4v) is 4.00. The van der Waals surface area contributed by atoms with Crippen molar-refractivity contribution in [3.05, 3.63) is 52.2 Å². The van der Waals surface area contributed by atoms with E-state index in [1.165, 1.54) is 4.88 Å². The van der Waals surface area contributed by atoms with E-state index in [9.17, 15) is 9.59 Å². The van der Waals surface area contributed by atoms with Crippen molar-refractivity contribution in [3.63, 3.8) is 0 Å². The Labute approximate surface area is 175 Å². The van der Waals surface area contributed by atoms with Crippen LogP contribution in [-0.4, -0.2) is 49.2 Å². The second-order valence-electron chi connectivity index (χ2n) is 7.15. The molecule has 1 N–H and O–H groups in total. The lowest BCUT2D eigenvalue weighted by Gasteiger charge is -2.24. The van der Waals surface area contributed by atoms with Crippen LogP contribution in [0, 0.1) is 0 Å². The highest BCUT2D eigenvalue weighted by Gasteiger charge is 2.21. The zero-order valence-corrected chi connectivity index (χ0v) is 17.6. The van der Waals surface area contributed by atoms with Crippen molar-refractivity contribution < 1.29 is 19.1 Å². The molecule has 1 aromatic carbocycles. The summed E-state index contributed by atoms with van der Waals surface area (Å²) in [5, 5.41) is 4.96. The largest absolute Gasteiger partial charge is 0.462 e. The van der Waals surface area contributed by atoms with Crippen LogP contribution in [0.3, 0.4) is 0 Å². The predicted octanol–water partition coefficient (Wildman–Crippen LogP) is 3.93. The van der Waals surface area contributed by atoms with Crippen LogP contribution in [0.1, 0.15) is 41.4 Å². The number of nitrogens with zero attached hydrogens (tertiary/aromatic N) is 1. The maximum atomic E-state index is 12.6. The SMILES string of the molecule is CCCOC(=O)c1ccc(NC(=O)CN(Cc2cccs2)CC2CCCO2)cc1. The van der Waals surface area contributed by atoms with Crippen LogP contribution >= 0.6 is 11.3 Å². The summed E-state index contributed by atoms with van der Waals surface area (Å²) >= 11 is 1.69. The third kappa shape index (κ3) is 6.96. The maximum absolute atomic E-state index is 12.6. The van der Waals surface area contributed by atoms with Crippen LogP contribution in [0.2, 0.25) is 0 Å².